The molecule has 2 heteroatoms. The summed E-state index contributed by atoms with van der Waals surface area (Å²) in [6, 6.07) is 19.3. The molecular weight excluding hydrogens is 248 g/mol. The number of hydrogen-bond acceptors (Lipinski definition) is 2. The van der Waals surface area contributed by atoms with Crippen molar-refractivity contribution < 1.29 is 9.47 Å². The van der Waals surface area contributed by atoms with Crippen molar-refractivity contribution in [1.82, 2.24) is 0 Å². The minimum absolute atomic E-state index is 0.820. The third kappa shape index (κ3) is 5.27. The molecule has 0 spiro atoms. The maximum Gasteiger partial charge on any atom is 0.126 e. The van der Waals surface area contributed by atoms with Crippen molar-refractivity contribution in [2.45, 2.75) is 0 Å². The first-order valence-corrected chi connectivity index (χ1v) is 6.37. The average molecular weight is 264 g/mol. The highest BCUT2D eigenvalue weighted by Crippen LogP contribution is 2.09. The van der Waals surface area contributed by atoms with Gasteiger partial charge in [-0.3, -0.25) is 0 Å². The zero-order chi connectivity index (χ0) is 13.9. The normalized spacial score (nSPS) is 11.4. The summed E-state index contributed by atoms with van der Waals surface area (Å²) in [5.74, 6) is 1.64. The van der Waals surface area contributed by atoms with Crippen molar-refractivity contribution in [2.75, 3.05) is 0 Å². The van der Waals surface area contributed by atoms with Crippen molar-refractivity contribution in [3.05, 3.63) is 97.5 Å². The molecule has 100 valence electrons. The van der Waals surface area contributed by atoms with E-state index in [2.05, 4.69) is 0 Å². The molecule has 2 aromatic carbocycles. The van der Waals surface area contributed by atoms with Crippen LogP contribution < -0.4 is 9.47 Å². The Morgan fingerprint density at radius 2 is 0.900 bits per heavy atom. The van der Waals surface area contributed by atoms with E-state index >= 15 is 0 Å². The average Bonchev–Trinajstić information content (AvgIpc) is 2.52. The van der Waals surface area contributed by atoms with Gasteiger partial charge in [-0.15, -0.1) is 0 Å². The molecule has 0 amide bonds. The van der Waals surface area contributed by atoms with Crippen LogP contribution in [0.3, 0.4) is 0 Å². The number of para-hydroxylation sites is 2. The van der Waals surface area contributed by atoms with E-state index in [9.17, 15) is 0 Å². The Balaban J connectivity index is 1.69. The Bertz CT molecular complexity index is 515. The van der Waals surface area contributed by atoms with Gasteiger partial charge in [0.15, 0.2) is 0 Å². The van der Waals surface area contributed by atoms with Gasteiger partial charge in [0.25, 0.3) is 0 Å². The number of ether oxygens (including phenoxy) is 2. The molecular formula is C18H16O2. The van der Waals surface area contributed by atoms with Gasteiger partial charge in [0.1, 0.15) is 11.5 Å². The van der Waals surface area contributed by atoms with E-state index in [-0.39, 0.29) is 0 Å². The molecule has 0 heterocycles. The van der Waals surface area contributed by atoms with Crippen molar-refractivity contribution in [3.8, 4) is 11.5 Å². The summed E-state index contributed by atoms with van der Waals surface area (Å²) in [7, 11) is 0. The summed E-state index contributed by atoms with van der Waals surface area (Å²) < 4.78 is 10.8. The second-order valence-electron chi connectivity index (χ2n) is 3.90. The molecule has 0 aliphatic rings. The smallest absolute Gasteiger partial charge is 0.126 e. The highest BCUT2D eigenvalue weighted by molar-refractivity contribution is 5.23. The number of rotatable bonds is 6. The fourth-order valence-corrected chi connectivity index (χ4v) is 1.45. The number of allylic oxidation sites excluding steroid dienone is 4. The standard InChI is InChI=1S/C18H16O2/c1(9-15-19-17-11-5-3-6-12-17)2-10-16-20-18-13-7-4-8-14-18/h1-16H. The summed E-state index contributed by atoms with van der Waals surface area (Å²) in [5, 5.41) is 0. The van der Waals surface area contributed by atoms with Gasteiger partial charge in [0.2, 0.25) is 0 Å². The van der Waals surface area contributed by atoms with E-state index in [4.69, 9.17) is 9.47 Å². The van der Waals surface area contributed by atoms with Gasteiger partial charge in [0.05, 0.1) is 12.5 Å². The van der Waals surface area contributed by atoms with Crippen molar-refractivity contribution in [3.63, 3.8) is 0 Å². The summed E-state index contributed by atoms with van der Waals surface area (Å²) in [6.45, 7) is 0. The summed E-state index contributed by atoms with van der Waals surface area (Å²) in [6.07, 6.45) is 10.6. The Morgan fingerprint density at radius 3 is 1.30 bits per heavy atom. The highest BCUT2D eigenvalue weighted by Gasteiger charge is 1.85. The molecule has 2 nitrogen and oxygen atoms in total. The van der Waals surface area contributed by atoms with E-state index in [1.54, 1.807) is 12.5 Å². The maximum absolute atomic E-state index is 5.39. The molecule has 2 aromatic rings. The van der Waals surface area contributed by atoms with E-state index in [0.717, 1.165) is 11.5 Å². The predicted molar refractivity (Wildman–Crippen MR) is 81.6 cm³/mol. The molecule has 0 atom stereocenters. The lowest BCUT2D eigenvalue weighted by atomic mass is 10.3. The van der Waals surface area contributed by atoms with Crippen LogP contribution in [0.1, 0.15) is 0 Å². The van der Waals surface area contributed by atoms with Gasteiger partial charge in [-0.1, -0.05) is 48.6 Å². The Morgan fingerprint density at radius 1 is 0.500 bits per heavy atom. The molecule has 0 radical (unpaired) electrons. The summed E-state index contributed by atoms with van der Waals surface area (Å²) in [5.41, 5.74) is 0. The lowest BCUT2D eigenvalue weighted by Gasteiger charge is -1.97. The van der Waals surface area contributed by atoms with Gasteiger partial charge < -0.3 is 9.47 Å². The molecule has 0 saturated heterocycles. The summed E-state index contributed by atoms with van der Waals surface area (Å²) >= 11 is 0. The van der Waals surface area contributed by atoms with Crippen LogP contribution in [0.15, 0.2) is 97.5 Å². The Hall–Kier alpha value is -2.74. The SMILES string of the molecule is C(=CC=COc1ccccc1)C=COc1ccccc1. The van der Waals surface area contributed by atoms with Crippen LogP contribution in [0, 0.1) is 0 Å². The Kier molecular flexibility index (Phi) is 5.73. The molecule has 20 heavy (non-hydrogen) atoms. The zero-order valence-electron chi connectivity index (χ0n) is 11.1. The van der Waals surface area contributed by atoms with Gasteiger partial charge in [0, 0.05) is 0 Å². The molecule has 0 aliphatic carbocycles. The van der Waals surface area contributed by atoms with Crippen LogP contribution in [0.5, 0.6) is 11.5 Å². The lowest BCUT2D eigenvalue weighted by Crippen LogP contribution is -1.79. The topological polar surface area (TPSA) is 18.5 Å². The van der Waals surface area contributed by atoms with Crippen molar-refractivity contribution >= 4 is 0 Å². The first-order valence-electron chi connectivity index (χ1n) is 6.37. The first kappa shape index (κ1) is 13.7. The number of benzene rings is 2. The quantitative estimate of drug-likeness (QED) is 0.555. The van der Waals surface area contributed by atoms with Crippen molar-refractivity contribution in [2.24, 2.45) is 0 Å². The van der Waals surface area contributed by atoms with Crippen LogP contribution in [-0.4, -0.2) is 0 Å². The third-order valence-electron chi connectivity index (χ3n) is 2.39. The second kappa shape index (κ2) is 8.38. The van der Waals surface area contributed by atoms with Crippen LogP contribution in [0.25, 0.3) is 0 Å². The minimum atomic E-state index is 0.820. The van der Waals surface area contributed by atoms with Crippen molar-refractivity contribution in [1.29, 1.82) is 0 Å². The van der Waals surface area contributed by atoms with Gasteiger partial charge in [-0.2, -0.15) is 0 Å². The van der Waals surface area contributed by atoms with Crippen LogP contribution in [0.4, 0.5) is 0 Å². The van der Waals surface area contributed by atoms with Gasteiger partial charge in [-0.05, 0) is 36.4 Å². The lowest BCUT2D eigenvalue weighted by molar-refractivity contribution is 0.480. The largest absolute Gasteiger partial charge is 0.465 e. The molecule has 0 aromatic heterocycles. The number of hydrogen-bond donors (Lipinski definition) is 0. The van der Waals surface area contributed by atoms with Crippen LogP contribution in [-0.2, 0) is 0 Å². The molecule has 0 saturated carbocycles. The highest BCUT2D eigenvalue weighted by atomic mass is 16.5. The minimum Gasteiger partial charge on any atom is -0.465 e. The molecule has 0 bridgehead atoms. The third-order valence-corrected chi connectivity index (χ3v) is 2.39. The maximum atomic E-state index is 5.39. The first-order chi connectivity index (χ1) is 9.95. The van der Waals surface area contributed by atoms with E-state index in [1.165, 1.54) is 0 Å². The zero-order valence-corrected chi connectivity index (χ0v) is 11.1. The monoisotopic (exact) mass is 264 g/mol. The van der Waals surface area contributed by atoms with E-state index in [0.29, 0.717) is 0 Å². The van der Waals surface area contributed by atoms with Crippen LogP contribution >= 0.6 is 0 Å². The van der Waals surface area contributed by atoms with Crippen LogP contribution in [0.2, 0.25) is 0 Å². The molecule has 0 fully saturated rings. The van der Waals surface area contributed by atoms with Gasteiger partial charge >= 0.3 is 0 Å². The van der Waals surface area contributed by atoms with E-state index in [1.807, 2.05) is 85.0 Å². The predicted octanol–water partition coefficient (Wildman–Crippen LogP) is 4.73. The van der Waals surface area contributed by atoms with Gasteiger partial charge in [-0.25, -0.2) is 0 Å². The second-order valence-corrected chi connectivity index (χ2v) is 3.90. The van der Waals surface area contributed by atoms with E-state index < -0.39 is 0 Å². The Labute approximate surface area is 119 Å². The molecule has 0 N–H and O–H groups in total. The molecule has 0 unspecified atom stereocenters. The fraction of sp³-hybridized carbons (Fsp3) is 0. The fourth-order valence-electron chi connectivity index (χ4n) is 1.45. The molecule has 2 rings (SSSR count). The molecule has 0 aliphatic heterocycles. The summed E-state index contributed by atoms with van der Waals surface area (Å²) in [4.78, 5) is 0.